The summed E-state index contributed by atoms with van der Waals surface area (Å²) in [5, 5.41) is 0. The summed E-state index contributed by atoms with van der Waals surface area (Å²) in [6, 6.07) is 21.6. The summed E-state index contributed by atoms with van der Waals surface area (Å²) in [6.45, 7) is 5.96. The van der Waals surface area contributed by atoms with Crippen molar-refractivity contribution < 1.29 is 28.4 Å². The van der Waals surface area contributed by atoms with Crippen LogP contribution in [0.15, 0.2) is 60.7 Å². The molecular weight excluding hydrogens is 679 g/mol. The molecule has 0 aromatic heterocycles. The van der Waals surface area contributed by atoms with Crippen molar-refractivity contribution in [2.75, 3.05) is 74.8 Å². The summed E-state index contributed by atoms with van der Waals surface area (Å²) >= 11 is 0. The standard InChI is InChI=1S/C45H55N3O6/c1-46-21-16-32-27-39(49-3)41-29-35(32)36(46)24-30-10-13-34(14-11-30)53-40-26-31(12-15-38(40)52-23-9-20-48-18-7-6-8-19-48)25-37-43-33(17-22-47(37)2)28-42(50-4)44(51-5)45(43)54-41/h10-15,26-29,36-37H,6-9,16-25H2,1-5H3/t36-,37+/m0/s1. The average Bonchev–Trinajstić information content (AvgIpc) is 3.19. The van der Waals surface area contributed by atoms with Gasteiger partial charge in [0.15, 0.2) is 34.5 Å². The molecule has 1 saturated heterocycles. The van der Waals surface area contributed by atoms with E-state index < -0.39 is 0 Å². The van der Waals surface area contributed by atoms with E-state index in [-0.39, 0.29) is 12.1 Å². The first kappa shape index (κ1) is 36.5. The number of hydrogen-bond donors (Lipinski definition) is 0. The molecule has 0 unspecified atom stereocenters. The lowest BCUT2D eigenvalue weighted by Crippen LogP contribution is -2.34. The van der Waals surface area contributed by atoms with Crippen LogP contribution in [0.1, 0.15) is 71.1 Å². The largest absolute Gasteiger partial charge is 0.493 e. The van der Waals surface area contributed by atoms with Crippen LogP contribution >= 0.6 is 0 Å². The van der Waals surface area contributed by atoms with E-state index in [4.69, 9.17) is 28.4 Å². The summed E-state index contributed by atoms with van der Waals surface area (Å²) in [5.74, 6) is 5.59. The zero-order chi connectivity index (χ0) is 37.2. The van der Waals surface area contributed by atoms with Crippen LogP contribution in [-0.4, -0.2) is 89.5 Å². The van der Waals surface area contributed by atoms with Gasteiger partial charge in [-0.15, -0.1) is 0 Å². The van der Waals surface area contributed by atoms with Crippen LogP contribution in [0.4, 0.5) is 0 Å². The minimum Gasteiger partial charge on any atom is -0.493 e. The number of piperidine rings is 1. The maximum absolute atomic E-state index is 7.11. The third-order valence-electron chi connectivity index (χ3n) is 12.0. The van der Waals surface area contributed by atoms with Crippen LogP contribution < -0.4 is 28.4 Å². The highest BCUT2D eigenvalue weighted by Crippen LogP contribution is 2.52. The van der Waals surface area contributed by atoms with Crippen molar-refractivity contribution in [1.29, 1.82) is 0 Å². The predicted octanol–water partition coefficient (Wildman–Crippen LogP) is 8.41. The second kappa shape index (κ2) is 16.1. The number of methoxy groups -OCH3 is 3. The van der Waals surface area contributed by atoms with Crippen molar-refractivity contribution in [3.05, 3.63) is 94.0 Å². The van der Waals surface area contributed by atoms with Crippen molar-refractivity contribution in [1.82, 2.24) is 14.7 Å². The van der Waals surface area contributed by atoms with E-state index in [2.05, 4.69) is 89.5 Å². The quantitative estimate of drug-likeness (QED) is 0.166. The number of rotatable bonds is 8. The highest BCUT2D eigenvalue weighted by Gasteiger charge is 2.35. The number of likely N-dealkylation sites (N-methyl/N-ethyl adjacent to an activating group) is 2. The van der Waals surface area contributed by atoms with Gasteiger partial charge < -0.3 is 33.3 Å². The highest BCUT2D eigenvalue weighted by atomic mass is 16.5. The van der Waals surface area contributed by atoms with Gasteiger partial charge in [-0.2, -0.15) is 0 Å². The number of likely N-dealkylation sites (tertiary alicyclic amines) is 1. The van der Waals surface area contributed by atoms with Crippen LogP contribution in [0.25, 0.3) is 0 Å². The van der Waals surface area contributed by atoms with Crippen molar-refractivity contribution in [3.8, 4) is 46.0 Å². The number of nitrogens with zero attached hydrogens (tertiary/aromatic N) is 3. The van der Waals surface area contributed by atoms with E-state index in [0.717, 1.165) is 80.1 Å². The SMILES string of the molecule is COc1cc2c3cc1Oc1c(OC)c(OC)cc4c1[C@@H](Cc1ccc(OCCCN5CCCCC5)c(c1)Oc1ccc(cc1)C[C@@H]3N(C)CC2)N(C)CC4. The molecule has 9 rings (SSSR count). The van der Waals surface area contributed by atoms with Gasteiger partial charge in [0.05, 0.1) is 27.9 Å². The zero-order valence-electron chi connectivity index (χ0n) is 32.6. The Hall–Kier alpha value is -4.44. The number of fused-ring (bicyclic) bond motifs is 2. The van der Waals surface area contributed by atoms with Gasteiger partial charge >= 0.3 is 0 Å². The fourth-order valence-electron chi connectivity index (χ4n) is 8.88. The van der Waals surface area contributed by atoms with Gasteiger partial charge in [-0.1, -0.05) is 24.6 Å². The Labute approximate surface area is 320 Å². The molecule has 0 radical (unpaired) electrons. The van der Waals surface area contributed by atoms with E-state index in [0.29, 0.717) is 35.4 Å². The number of hydrogen-bond acceptors (Lipinski definition) is 9. The highest BCUT2D eigenvalue weighted by molar-refractivity contribution is 5.64. The average molecular weight is 734 g/mol. The van der Waals surface area contributed by atoms with Crippen LogP contribution in [0.2, 0.25) is 0 Å². The molecule has 4 aromatic carbocycles. The van der Waals surface area contributed by atoms with Crippen molar-refractivity contribution >= 4 is 0 Å². The molecule has 9 heteroatoms. The fraction of sp³-hybridized carbons (Fsp3) is 0.467. The van der Waals surface area contributed by atoms with E-state index in [1.807, 2.05) is 0 Å². The van der Waals surface area contributed by atoms with Gasteiger partial charge in [-0.25, -0.2) is 0 Å². The van der Waals surface area contributed by atoms with Crippen LogP contribution in [0.5, 0.6) is 46.0 Å². The Morgan fingerprint density at radius 1 is 0.648 bits per heavy atom. The lowest BCUT2D eigenvalue weighted by Gasteiger charge is -2.37. The maximum Gasteiger partial charge on any atom is 0.204 e. The van der Waals surface area contributed by atoms with Crippen LogP contribution in [0, 0.1) is 0 Å². The lowest BCUT2D eigenvalue weighted by atomic mass is 9.87. The van der Waals surface area contributed by atoms with Gasteiger partial charge in [0, 0.05) is 37.3 Å². The zero-order valence-corrected chi connectivity index (χ0v) is 32.6. The molecule has 5 heterocycles. The smallest absolute Gasteiger partial charge is 0.204 e. The van der Waals surface area contributed by atoms with E-state index in [1.165, 1.54) is 54.6 Å². The molecule has 5 aliphatic rings. The molecule has 0 aliphatic carbocycles. The molecular formula is C45H55N3O6. The Morgan fingerprint density at radius 3 is 2.09 bits per heavy atom. The Morgan fingerprint density at radius 2 is 1.33 bits per heavy atom. The third-order valence-corrected chi connectivity index (χ3v) is 12.0. The molecule has 6 bridgehead atoms. The second-order valence-corrected chi connectivity index (χ2v) is 15.4. The molecule has 2 atom stereocenters. The topological polar surface area (TPSA) is 65.1 Å². The molecule has 0 amide bonds. The van der Waals surface area contributed by atoms with Crippen molar-refractivity contribution in [3.63, 3.8) is 0 Å². The Balaban J connectivity index is 1.23. The molecule has 0 spiro atoms. The summed E-state index contributed by atoms with van der Waals surface area (Å²) in [4.78, 5) is 7.42. The molecule has 4 aromatic rings. The van der Waals surface area contributed by atoms with Gasteiger partial charge in [-0.3, -0.25) is 9.80 Å². The first-order valence-electron chi connectivity index (χ1n) is 19.7. The summed E-state index contributed by atoms with van der Waals surface area (Å²) in [6.07, 6.45) is 8.31. The Kier molecular flexibility index (Phi) is 10.9. The number of ether oxygens (including phenoxy) is 6. The van der Waals surface area contributed by atoms with Crippen LogP contribution in [-0.2, 0) is 25.7 Å². The molecule has 5 aliphatic heterocycles. The van der Waals surface area contributed by atoms with E-state index in [1.54, 1.807) is 21.3 Å². The fourth-order valence-corrected chi connectivity index (χ4v) is 8.88. The summed E-state index contributed by atoms with van der Waals surface area (Å²) in [7, 11) is 9.50. The third kappa shape index (κ3) is 7.46. The first-order chi connectivity index (χ1) is 26.4. The van der Waals surface area contributed by atoms with E-state index in [9.17, 15) is 0 Å². The Bertz CT molecular complexity index is 1940. The summed E-state index contributed by atoms with van der Waals surface area (Å²) in [5.41, 5.74) is 7.22. The van der Waals surface area contributed by atoms with Crippen molar-refractivity contribution in [2.24, 2.45) is 0 Å². The summed E-state index contributed by atoms with van der Waals surface area (Å²) < 4.78 is 38.4. The first-order valence-corrected chi connectivity index (χ1v) is 19.7. The number of benzene rings is 4. The lowest BCUT2D eigenvalue weighted by molar-refractivity contribution is 0.203. The molecule has 54 heavy (non-hydrogen) atoms. The molecule has 286 valence electrons. The van der Waals surface area contributed by atoms with Gasteiger partial charge in [0.25, 0.3) is 0 Å². The molecule has 0 N–H and O–H groups in total. The minimum absolute atomic E-state index is 0.00612. The normalized spacial score (nSPS) is 20.2. The van der Waals surface area contributed by atoms with Gasteiger partial charge in [0.2, 0.25) is 5.75 Å². The van der Waals surface area contributed by atoms with E-state index >= 15 is 0 Å². The van der Waals surface area contributed by atoms with Gasteiger partial charge in [-0.05, 0) is 142 Å². The monoisotopic (exact) mass is 733 g/mol. The molecule has 1 fully saturated rings. The second-order valence-electron chi connectivity index (χ2n) is 15.4. The minimum atomic E-state index is -0.00612. The molecule has 0 saturated carbocycles. The molecule has 9 nitrogen and oxygen atoms in total. The maximum atomic E-state index is 7.11. The predicted molar refractivity (Wildman–Crippen MR) is 212 cm³/mol. The van der Waals surface area contributed by atoms with Crippen molar-refractivity contribution in [2.45, 2.75) is 63.5 Å². The van der Waals surface area contributed by atoms with Gasteiger partial charge in [0.1, 0.15) is 5.75 Å². The van der Waals surface area contributed by atoms with Crippen LogP contribution in [0.3, 0.4) is 0 Å².